The molecule has 0 spiro atoms. The second-order valence-electron chi connectivity index (χ2n) is 12.4. The van der Waals surface area contributed by atoms with Crippen LogP contribution in [0, 0.1) is 17.8 Å². The first kappa shape index (κ1) is 26.5. The average Bonchev–Trinajstić information content (AvgIpc) is 3.16. The summed E-state index contributed by atoms with van der Waals surface area (Å²) in [4.78, 5) is 43.3. The van der Waals surface area contributed by atoms with Crippen LogP contribution in [-0.4, -0.2) is 58.9 Å². The van der Waals surface area contributed by atoms with Gasteiger partial charge in [-0.05, 0) is 62.6 Å². The molecular formula is C30H41ClN2O4. The van der Waals surface area contributed by atoms with Gasteiger partial charge in [-0.25, -0.2) is 4.79 Å². The smallest absolute Gasteiger partial charge is 0.410 e. The summed E-state index contributed by atoms with van der Waals surface area (Å²) in [6.45, 7) is 5.69. The number of carbonyl (C=O) groups is 3. The van der Waals surface area contributed by atoms with E-state index >= 15 is 0 Å². The van der Waals surface area contributed by atoms with Gasteiger partial charge in [0, 0.05) is 48.8 Å². The number of nitrogens with zero attached hydrogens (tertiary/aromatic N) is 2. The molecule has 0 N–H and O–H groups in total. The van der Waals surface area contributed by atoms with Gasteiger partial charge in [-0.1, -0.05) is 55.8 Å². The maximum absolute atomic E-state index is 14.3. The summed E-state index contributed by atoms with van der Waals surface area (Å²) in [5, 5.41) is 0.652. The summed E-state index contributed by atoms with van der Waals surface area (Å²) in [7, 11) is 0. The van der Waals surface area contributed by atoms with E-state index in [0.29, 0.717) is 43.4 Å². The Labute approximate surface area is 226 Å². The Balaban J connectivity index is 1.39. The molecule has 0 bridgehead atoms. The summed E-state index contributed by atoms with van der Waals surface area (Å²) in [6.07, 6.45) is 9.62. The summed E-state index contributed by atoms with van der Waals surface area (Å²) in [5.74, 6) is 1.32. The lowest BCUT2D eigenvalue weighted by atomic mass is 9.72. The van der Waals surface area contributed by atoms with Crippen molar-refractivity contribution in [3.05, 3.63) is 34.9 Å². The van der Waals surface area contributed by atoms with Gasteiger partial charge in [0.05, 0.1) is 5.54 Å². The van der Waals surface area contributed by atoms with Gasteiger partial charge in [0.1, 0.15) is 12.4 Å². The first-order chi connectivity index (χ1) is 17.7. The van der Waals surface area contributed by atoms with E-state index in [1.54, 1.807) is 0 Å². The minimum absolute atomic E-state index is 0.0263. The molecule has 2 amide bonds. The van der Waals surface area contributed by atoms with E-state index in [9.17, 15) is 14.4 Å². The van der Waals surface area contributed by atoms with Gasteiger partial charge in [0.2, 0.25) is 5.91 Å². The molecule has 2 aliphatic carbocycles. The van der Waals surface area contributed by atoms with Crippen molar-refractivity contribution in [2.24, 2.45) is 17.8 Å². The number of benzene rings is 1. The average molecular weight is 529 g/mol. The highest BCUT2D eigenvalue weighted by molar-refractivity contribution is 6.30. The number of ether oxygens (including phenoxy) is 1. The number of cyclic esters (lactones) is 1. The van der Waals surface area contributed by atoms with Crippen LogP contribution in [0.5, 0.6) is 0 Å². The van der Waals surface area contributed by atoms with Crippen LogP contribution in [0.4, 0.5) is 4.79 Å². The predicted octanol–water partition coefficient (Wildman–Crippen LogP) is 6.21. The van der Waals surface area contributed by atoms with Gasteiger partial charge in [-0.3, -0.25) is 14.5 Å². The summed E-state index contributed by atoms with van der Waals surface area (Å²) >= 11 is 6.13. The van der Waals surface area contributed by atoms with Crippen LogP contribution in [-0.2, 0) is 14.3 Å². The highest BCUT2D eigenvalue weighted by Gasteiger charge is 2.46. The standard InChI is InChI=1S/C30H41ClN2O4/c1-30(2)19-37-29(36)33(30)18-24-16-22(20-6-4-3-5-7-20)14-15-32(24)28(35)26-13-12-25(34)17-27(26)21-8-10-23(31)11-9-21/h8-11,20,22,24,26-27H,3-7,12-19H2,1-2H3. The fourth-order valence-corrected chi connectivity index (χ4v) is 7.45. The van der Waals surface area contributed by atoms with Gasteiger partial charge in [-0.2, -0.15) is 0 Å². The third-order valence-electron chi connectivity index (χ3n) is 9.53. The van der Waals surface area contributed by atoms with Crippen molar-refractivity contribution in [2.45, 2.75) is 95.6 Å². The number of piperidine rings is 1. The minimum atomic E-state index is -0.382. The number of likely N-dealkylation sites (tertiary alicyclic amines) is 1. The molecule has 202 valence electrons. The van der Waals surface area contributed by atoms with Gasteiger partial charge < -0.3 is 9.64 Å². The van der Waals surface area contributed by atoms with Crippen LogP contribution in [0.2, 0.25) is 5.02 Å². The number of amides is 2. The molecule has 1 aromatic carbocycles. The maximum Gasteiger partial charge on any atom is 0.410 e. The molecule has 0 aromatic heterocycles. The van der Waals surface area contributed by atoms with E-state index in [0.717, 1.165) is 30.9 Å². The van der Waals surface area contributed by atoms with E-state index in [1.165, 1.54) is 32.1 Å². The first-order valence-corrected chi connectivity index (χ1v) is 14.6. The molecular weight excluding hydrogens is 488 g/mol. The predicted molar refractivity (Wildman–Crippen MR) is 143 cm³/mol. The molecule has 7 heteroatoms. The number of halogens is 1. The highest BCUT2D eigenvalue weighted by atomic mass is 35.5. The number of ketones is 1. The minimum Gasteiger partial charge on any atom is -0.447 e. The quantitative estimate of drug-likeness (QED) is 0.455. The number of hydrogen-bond donors (Lipinski definition) is 0. The van der Waals surface area contributed by atoms with Gasteiger partial charge in [0.15, 0.2) is 0 Å². The Hall–Kier alpha value is -2.08. The lowest BCUT2D eigenvalue weighted by Crippen LogP contribution is -2.57. The van der Waals surface area contributed by atoms with Crippen molar-refractivity contribution in [1.29, 1.82) is 0 Å². The lowest BCUT2D eigenvalue weighted by molar-refractivity contribution is -0.144. The molecule has 6 nitrogen and oxygen atoms in total. The Morgan fingerprint density at radius 3 is 2.43 bits per heavy atom. The molecule has 2 saturated heterocycles. The van der Waals surface area contributed by atoms with Crippen LogP contribution >= 0.6 is 11.6 Å². The third kappa shape index (κ3) is 5.69. The molecule has 4 unspecified atom stereocenters. The zero-order valence-electron chi connectivity index (χ0n) is 22.3. The first-order valence-electron chi connectivity index (χ1n) is 14.2. The molecule has 4 fully saturated rings. The maximum atomic E-state index is 14.3. The summed E-state index contributed by atoms with van der Waals surface area (Å²) < 4.78 is 5.41. The van der Waals surface area contributed by atoms with Crippen LogP contribution < -0.4 is 0 Å². The molecule has 37 heavy (non-hydrogen) atoms. The molecule has 1 aromatic rings. The van der Waals surface area contributed by atoms with E-state index in [4.69, 9.17) is 16.3 Å². The largest absolute Gasteiger partial charge is 0.447 e. The Kier molecular flexibility index (Phi) is 7.86. The Morgan fingerprint density at radius 1 is 1.03 bits per heavy atom. The molecule has 2 saturated carbocycles. The van der Waals surface area contributed by atoms with Crippen molar-refractivity contribution in [1.82, 2.24) is 9.80 Å². The van der Waals surface area contributed by atoms with Crippen LogP contribution in [0.1, 0.15) is 89.5 Å². The van der Waals surface area contributed by atoms with Gasteiger partial charge in [-0.15, -0.1) is 0 Å². The van der Waals surface area contributed by atoms with Crippen molar-refractivity contribution in [3.63, 3.8) is 0 Å². The second kappa shape index (κ2) is 11.0. The number of carbonyl (C=O) groups excluding carboxylic acids is 3. The van der Waals surface area contributed by atoms with Crippen molar-refractivity contribution >= 4 is 29.4 Å². The number of rotatable bonds is 5. The SMILES string of the molecule is CC1(C)COC(=O)N1CC1CC(C2CCCCC2)CCN1C(=O)C1CCC(=O)CC1c1ccc(Cl)cc1. The van der Waals surface area contributed by atoms with Crippen LogP contribution in [0.15, 0.2) is 24.3 Å². The van der Waals surface area contributed by atoms with E-state index in [1.807, 2.05) is 43.0 Å². The fourth-order valence-electron chi connectivity index (χ4n) is 7.33. The molecule has 0 radical (unpaired) electrons. The Morgan fingerprint density at radius 2 is 1.76 bits per heavy atom. The zero-order valence-corrected chi connectivity index (χ0v) is 23.0. The fraction of sp³-hybridized carbons (Fsp3) is 0.700. The molecule has 4 atom stereocenters. The molecule has 5 rings (SSSR count). The normalized spacial score (nSPS) is 30.9. The summed E-state index contributed by atoms with van der Waals surface area (Å²) in [6, 6.07) is 7.58. The van der Waals surface area contributed by atoms with E-state index in [-0.39, 0.29) is 41.2 Å². The van der Waals surface area contributed by atoms with Crippen molar-refractivity contribution in [3.8, 4) is 0 Å². The lowest BCUT2D eigenvalue weighted by Gasteiger charge is -2.47. The van der Waals surface area contributed by atoms with Crippen molar-refractivity contribution < 1.29 is 19.1 Å². The topological polar surface area (TPSA) is 66.9 Å². The molecule has 2 aliphatic heterocycles. The van der Waals surface area contributed by atoms with Crippen molar-refractivity contribution in [2.75, 3.05) is 19.7 Å². The van der Waals surface area contributed by atoms with Gasteiger partial charge in [0.25, 0.3) is 0 Å². The second-order valence-corrected chi connectivity index (χ2v) is 12.8. The van der Waals surface area contributed by atoms with Crippen LogP contribution in [0.25, 0.3) is 0 Å². The summed E-state index contributed by atoms with van der Waals surface area (Å²) in [5.41, 5.74) is 0.626. The molecule has 4 aliphatic rings. The molecule has 2 heterocycles. The Bertz CT molecular complexity index is 1000. The van der Waals surface area contributed by atoms with E-state index in [2.05, 4.69) is 4.90 Å². The number of hydrogen-bond acceptors (Lipinski definition) is 4. The third-order valence-corrected chi connectivity index (χ3v) is 9.78. The van der Waals surface area contributed by atoms with E-state index < -0.39 is 0 Å². The van der Waals surface area contributed by atoms with Gasteiger partial charge >= 0.3 is 6.09 Å². The zero-order chi connectivity index (χ0) is 26.2. The monoisotopic (exact) mass is 528 g/mol. The number of Topliss-reactive ketones (excluding diaryl/α,β-unsaturated/α-hetero) is 1. The highest BCUT2D eigenvalue weighted by Crippen LogP contribution is 2.42. The van der Waals surface area contributed by atoms with Crippen LogP contribution in [0.3, 0.4) is 0 Å².